The highest BCUT2D eigenvalue weighted by molar-refractivity contribution is 7.07. The third-order valence-electron chi connectivity index (χ3n) is 4.17. The zero-order valence-corrected chi connectivity index (χ0v) is 17.4. The van der Waals surface area contributed by atoms with Crippen LogP contribution in [0.1, 0.15) is 16.1 Å². The van der Waals surface area contributed by atoms with Gasteiger partial charge in [-0.05, 0) is 30.3 Å². The monoisotopic (exact) mass is 441 g/mol. The third kappa shape index (κ3) is 4.27. The maximum atomic E-state index is 12.9. The first-order valence-electron chi connectivity index (χ1n) is 8.78. The van der Waals surface area contributed by atoms with Gasteiger partial charge in [-0.2, -0.15) is 5.10 Å². The summed E-state index contributed by atoms with van der Waals surface area (Å²) in [5, 5.41) is 9.30. The molecular weight excluding hydrogens is 426 g/mol. The van der Waals surface area contributed by atoms with Crippen LogP contribution in [0.3, 0.4) is 0 Å². The number of aromatic nitrogens is 4. The van der Waals surface area contributed by atoms with Crippen molar-refractivity contribution in [1.82, 2.24) is 19.7 Å². The molecule has 1 amide bonds. The summed E-state index contributed by atoms with van der Waals surface area (Å²) in [4.78, 5) is 21.0. The lowest BCUT2D eigenvalue weighted by atomic mass is 10.1. The number of benzene rings is 2. The molecule has 0 aliphatic rings. The smallest absolute Gasteiger partial charge is 0.255 e. The minimum atomic E-state index is -0.331. The van der Waals surface area contributed by atoms with Crippen LogP contribution in [0.4, 0.5) is 5.69 Å². The van der Waals surface area contributed by atoms with Crippen LogP contribution in [0.25, 0.3) is 5.69 Å². The maximum Gasteiger partial charge on any atom is 0.255 e. The van der Waals surface area contributed by atoms with E-state index in [2.05, 4.69) is 20.4 Å². The average molecular weight is 442 g/mol. The first-order chi connectivity index (χ1) is 14.7. The van der Waals surface area contributed by atoms with Gasteiger partial charge in [0, 0.05) is 10.9 Å². The van der Waals surface area contributed by atoms with E-state index in [-0.39, 0.29) is 5.91 Å². The van der Waals surface area contributed by atoms with E-state index in [1.54, 1.807) is 41.9 Å². The molecule has 10 heteroatoms. The lowest BCUT2D eigenvalue weighted by Gasteiger charge is -2.14. The number of hydrogen-bond donors (Lipinski definition) is 1. The van der Waals surface area contributed by atoms with Crippen LogP contribution in [0.15, 0.2) is 59.9 Å². The van der Waals surface area contributed by atoms with Gasteiger partial charge in [-0.15, -0.1) is 11.3 Å². The number of nitrogens with zero attached hydrogens (tertiary/aromatic N) is 4. The number of carbonyl (C=O) groups excluding carboxylic acids is 1. The van der Waals surface area contributed by atoms with Crippen molar-refractivity contribution in [3.8, 4) is 17.2 Å². The van der Waals surface area contributed by atoms with Crippen LogP contribution in [0.5, 0.6) is 11.5 Å². The molecule has 2 aromatic carbocycles. The van der Waals surface area contributed by atoms with Crippen LogP contribution in [0.2, 0.25) is 5.02 Å². The standard InChI is InChI=1S/C20H16ClN5O3S/c1-28-18-7-13(5-6-17(18)29-8-14-9-30-12-23-14)20(27)25-16-4-2-3-15(21)19(16)26-11-22-10-24-26/h2-7,9-12H,8H2,1H3,(H,25,27). The highest BCUT2D eigenvalue weighted by Crippen LogP contribution is 2.31. The molecule has 0 saturated heterocycles. The van der Waals surface area contributed by atoms with Gasteiger partial charge in [-0.3, -0.25) is 4.79 Å². The first-order valence-corrected chi connectivity index (χ1v) is 10.1. The number of halogens is 1. The predicted octanol–water partition coefficient (Wildman–Crippen LogP) is 4.22. The molecule has 2 aromatic heterocycles. The largest absolute Gasteiger partial charge is 0.493 e. The van der Waals surface area contributed by atoms with Crippen molar-refractivity contribution in [2.75, 3.05) is 12.4 Å². The summed E-state index contributed by atoms with van der Waals surface area (Å²) in [6.07, 6.45) is 2.90. The van der Waals surface area contributed by atoms with Gasteiger partial charge in [0.25, 0.3) is 5.91 Å². The molecule has 152 valence electrons. The molecule has 0 aliphatic heterocycles. The Hall–Kier alpha value is -3.43. The molecule has 1 N–H and O–H groups in total. The van der Waals surface area contributed by atoms with Gasteiger partial charge in [0.1, 0.15) is 24.9 Å². The summed E-state index contributed by atoms with van der Waals surface area (Å²) < 4.78 is 12.6. The zero-order chi connectivity index (χ0) is 20.9. The van der Waals surface area contributed by atoms with Crippen molar-refractivity contribution in [3.63, 3.8) is 0 Å². The fourth-order valence-electron chi connectivity index (χ4n) is 2.76. The molecule has 4 aromatic rings. The number of anilines is 1. The van der Waals surface area contributed by atoms with Crippen molar-refractivity contribution < 1.29 is 14.3 Å². The second-order valence-corrected chi connectivity index (χ2v) is 7.19. The normalized spacial score (nSPS) is 10.6. The summed E-state index contributed by atoms with van der Waals surface area (Å²) in [6, 6.07) is 10.2. The van der Waals surface area contributed by atoms with Crippen LogP contribution in [0, 0.1) is 0 Å². The molecule has 0 atom stereocenters. The van der Waals surface area contributed by atoms with E-state index in [9.17, 15) is 4.79 Å². The number of rotatable bonds is 7. The Morgan fingerprint density at radius 1 is 1.27 bits per heavy atom. The lowest BCUT2D eigenvalue weighted by Crippen LogP contribution is -2.14. The van der Waals surface area contributed by atoms with Gasteiger partial charge >= 0.3 is 0 Å². The molecule has 0 aliphatic carbocycles. The van der Waals surface area contributed by atoms with Gasteiger partial charge in [-0.1, -0.05) is 17.7 Å². The number of carbonyl (C=O) groups is 1. The molecule has 0 radical (unpaired) electrons. The first kappa shape index (κ1) is 19.9. The summed E-state index contributed by atoms with van der Waals surface area (Å²) in [5.74, 6) is 0.636. The van der Waals surface area contributed by atoms with Crippen LogP contribution in [-0.4, -0.2) is 32.8 Å². The zero-order valence-electron chi connectivity index (χ0n) is 15.8. The highest BCUT2D eigenvalue weighted by Gasteiger charge is 2.16. The molecule has 0 spiro atoms. The van der Waals surface area contributed by atoms with Crippen molar-refractivity contribution in [1.29, 1.82) is 0 Å². The fraction of sp³-hybridized carbons (Fsp3) is 0.100. The van der Waals surface area contributed by atoms with E-state index in [0.717, 1.165) is 5.69 Å². The Balaban J connectivity index is 1.55. The van der Waals surface area contributed by atoms with E-state index in [1.165, 1.54) is 35.8 Å². The number of nitrogens with one attached hydrogen (secondary N) is 1. The Kier molecular flexibility index (Phi) is 5.92. The Morgan fingerprint density at radius 2 is 2.17 bits per heavy atom. The predicted molar refractivity (Wildman–Crippen MR) is 114 cm³/mol. The summed E-state index contributed by atoms with van der Waals surface area (Å²) >= 11 is 7.81. The summed E-state index contributed by atoms with van der Waals surface area (Å²) in [6.45, 7) is 0.315. The van der Waals surface area contributed by atoms with Crippen LogP contribution in [-0.2, 0) is 6.61 Å². The van der Waals surface area contributed by atoms with E-state index in [0.29, 0.717) is 40.1 Å². The second-order valence-electron chi connectivity index (χ2n) is 6.06. The number of ether oxygens (including phenoxy) is 2. The Bertz CT molecular complexity index is 1150. The molecule has 8 nitrogen and oxygen atoms in total. The second kappa shape index (κ2) is 8.93. The van der Waals surface area contributed by atoms with Gasteiger partial charge in [0.05, 0.1) is 29.0 Å². The van der Waals surface area contributed by atoms with E-state index < -0.39 is 0 Å². The summed E-state index contributed by atoms with van der Waals surface area (Å²) in [7, 11) is 1.52. The Labute approximate surface area is 181 Å². The molecule has 2 heterocycles. The third-order valence-corrected chi connectivity index (χ3v) is 5.11. The fourth-order valence-corrected chi connectivity index (χ4v) is 3.56. The highest BCUT2D eigenvalue weighted by atomic mass is 35.5. The molecule has 0 fully saturated rings. The molecular formula is C20H16ClN5O3S. The summed E-state index contributed by atoms with van der Waals surface area (Å²) in [5.41, 5.74) is 4.00. The molecule has 0 saturated carbocycles. The quantitative estimate of drug-likeness (QED) is 0.461. The van der Waals surface area contributed by atoms with Gasteiger partial charge < -0.3 is 14.8 Å². The Morgan fingerprint density at radius 3 is 2.90 bits per heavy atom. The van der Waals surface area contributed by atoms with E-state index in [4.69, 9.17) is 21.1 Å². The van der Waals surface area contributed by atoms with Gasteiger partial charge in [-0.25, -0.2) is 14.6 Å². The minimum Gasteiger partial charge on any atom is -0.493 e. The van der Waals surface area contributed by atoms with Crippen molar-refractivity contribution in [3.05, 3.63) is 76.2 Å². The van der Waals surface area contributed by atoms with Gasteiger partial charge in [0.2, 0.25) is 0 Å². The van der Waals surface area contributed by atoms with Gasteiger partial charge in [0.15, 0.2) is 11.5 Å². The topological polar surface area (TPSA) is 91.2 Å². The number of thiazole rings is 1. The number of amides is 1. The van der Waals surface area contributed by atoms with Crippen LogP contribution < -0.4 is 14.8 Å². The number of para-hydroxylation sites is 1. The number of methoxy groups -OCH3 is 1. The molecule has 0 bridgehead atoms. The lowest BCUT2D eigenvalue weighted by molar-refractivity contribution is 0.102. The maximum absolute atomic E-state index is 12.9. The van der Waals surface area contributed by atoms with Crippen molar-refractivity contribution in [2.45, 2.75) is 6.61 Å². The average Bonchev–Trinajstić information content (AvgIpc) is 3.46. The van der Waals surface area contributed by atoms with E-state index in [1.807, 2.05) is 5.38 Å². The number of hydrogen-bond acceptors (Lipinski definition) is 7. The SMILES string of the molecule is COc1cc(C(=O)Nc2cccc(Cl)c2-n2cncn2)ccc1OCc1cscn1. The van der Waals surface area contributed by atoms with Crippen molar-refractivity contribution >= 4 is 34.5 Å². The minimum absolute atomic E-state index is 0.315. The van der Waals surface area contributed by atoms with Crippen LogP contribution >= 0.6 is 22.9 Å². The molecule has 0 unspecified atom stereocenters. The molecule has 30 heavy (non-hydrogen) atoms. The van der Waals surface area contributed by atoms with E-state index >= 15 is 0 Å². The molecule has 4 rings (SSSR count). The van der Waals surface area contributed by atoms with Crippen molar-refractivity contribution in [2.24, 2.45) is 0 Å².